The quantitative estimate of drug-likeness (QED) is 0.865. The zero-order chi connectivity index (χ0) is 13.7. The van der Waals surface area contributed by atoms with Gasteiger partial charge in [-0.25, -0.2) is 9.37 Å². The number of aryl methyl sites for hydroxylation is 1. The first-order chi connectivity index (χ1) is 9.27. The Labute approximate surface area is 113 Å². The molecule has 1 unspecified atom stereocenters. The van der Waals surface area contributed by atoms with Crippen LogP contribution < -0.4 is 5.32 Å². The van der Waals surface area contributed by atoms with E-state index in [2.05, 4.69) is 24.1 Å². The van der Waals surface area contributed by atoms with E-state index in [1.165, 1.54) is 6.07 Å². The molecule has 0 saturated heterocycles. The number of hydrogen-bond donors (Lipinski definition) is 1. The molecule has 2 rings (SSSR count). The largest absolute Gasteiger partial charge is 0.334 e. The standard InChI is InChI=1S/C15H20FN3/c1-3-9-17-14(12-7-5-6-8-13(12)16)15-18-10-11-19(15)4-2/h5-8,10-11,14,17H,3-4,9H2,1-2H3. The van der Waals surface area contributed by atoms with Crippen LogP contribution in [-0.4, -0.2) is 16.1 Å². The molecule has 1 aromatic carbocycles. The summed E-state index contributed by atoms with van der Waals surface area (Å²) in [4.78, 5) is 4.39. The lowest BCUT2D eigenvalue weighted by molar-refractivity contribution is 0.511. The van der Waals surface area contributed by atoms with Crippen molar-refractivity contribution in [2.45, 2.75) is 32.9 Å². The number of hydrogen-bond acceptors (Lipinski definition) is 2. The van der Waals surface area contributed by atoms with E-state index in [-0.39, 0.29) is 11.9 Å². The molecule has 0 aliphatic heterocycles. The number of nitrogens with zero attached hydrogens (tertiary/aromatic N) is 2. The Morgan fingerprint density at radius 2 is 2.11 bits per heavy atom. The second-order valence-electron chi connectivity index (χ2n) is 4.48. The molecule has 19 heavy (non-hydrogen) atoms. The molecule has 0 radical (unpaired) electrons. The van der Waals surface area contributed by atoms with Crippen molar-refractivity contribution in [1.82, 2.24) is 14.9 Å². The summed E-state index contributed by atoms with van der Waals surface area (Å²) in [6, 6.07) is 6.68. The van der Waals surface area contributed by atoms with Crippen LogP contribution in [0.4, 0.5) is 4.39 Å². The van der Waals surface area contributed by atoms with Crippen molar-refractivity contribution in [3.05, 3.63) is 53.9 Å². The van der Waals surface area contributed by atoms with Gasteiger partial charge in [-0.2, -0.15) is 0 Å². The maximum atomic E-state index is 14.0. The summed E-state index contributed by atoms with van der Waals surface area (Å²) in [6.07, 6.45) is 4.69. The Morgan fingerprint density at radius 3 is 2.79 bits per heavy atom. The van der Waals surface area contributed by atoms with E-state index in [9.17, 15) is 4.39 Å². The Bertz CT molecular complexity index is 522. The second kappa shape index (κ2) is 6.48. The van der Waals surface area contributed by atoms with Gasteiger partial charge in [-0.05, 0) is 26.0 Å². The van der Waals surface area contributed by atoms with Gasteiger partial charge in [0, 0.05) is 24.5 Å². The SMILES string of the molecule is CCCNC(c1ccccc1F)c1nccn1CC. The van der Waals surface area contributed by atoms with Gasteiger partial charge in [-0.1, -0.05) is 25.1 Å². The third-order valence-electron chi connectivity index (χ3n) is 3.16. The van der Waals surface area contributed by atoms with Gasteiger partial charge < -0.3 is 9.88 Å². The van der Waals surface area contributed by atoms with Crippen LogP contribution in [-0.2, 0) is 6.54 Å². The first kappa shape index (κ1) is 13.7. The van der Waals surface area contributed by atoms with Crippen LogP contribution in [0.3, 0.4) is 0 Å². The summed E-state index contributed by atoms with van der Waals surface area (Å²) in [6.45, 7) is 5.81. The zero-order valence-corrected chi connectivity index (χ0v) is 11.4. The lowest BCUT2D eigenvalue weighted by atomic mass is 10.1. The van der Waals surface area contributed by atoms with E-state index < -0.39 is 0 Å². The van der Waals surface area contributed by atoms with Crippen LogP contribution in [0.5, 0.6) is 0 Å². The lowest BCUT2D eigenvalue weighted by Crippen LogP contribution is -2.27. The van der Waals surface area contributed by atoms with Gasteiger partial charge >= 0.3 is 0 Å². The molecule has 4 heteroatoms. The predicted molar refractivity (Wildman–Crippen MR) is 74.4 cm³/mol. The van der Waals surface area contributed by atoms with Crippen molar-refractivity contribution in [1.29, 1.82) is 0 Å². The third kappa shape index (κ3) is 3.01. The lowest BCUT2D eigenvalue weighted by Gasteiger charge is -2.20. The number of imidazole rings is 1. The molecule has 0 bridgehead atoms. The number of nitrogens with one attached hydrogen (secondary N) is 1. The zero-order valence-electron chi connectivity index (χ0n) is 11.4. The molecule has 1 aromatic heterocycles. The molecule has 102 valence electrons. The monoisotopic (exact) mass is 261 g/mol. The minimum absolute atomic E-state index is 0.193. The molecule has 0 amide bonds. The molecule has 3 nitrogen and oxygen atoms in total. The molecule has 0 fully saturated rings. The summed E-state index contributed by atoms with van der Waals surface area (Å²) in [5.41, 5.74) is 0.650. The maximum Gasteiger partial charge on any atom is 0.130 e. The van der Waals surface area contributed by atoms with Crippen LogP contribution in [0.25, 0.3) is 0 Å². The van der Waals surface area contributed by atoms with E-state index in [0.29, 0.717) is 5.56 Å². The van der Waals surface area contributed by atoms with Crippen LogP contribution in [0.15, 0.2) is 36.7 Å². The Kier molecular flexibility index (Phi) is 4.68. The molecule has 0 aliphatic carbocycles. The van der Waals surface area contributed by atoms with Crippen LogP contribution in [0.1, 0.15) is 37.7 Å². The molecule has 0 spiro atoms. The highest BCUT2D eigenvalue weighted by atomic mass is 19.1. The highest BCUT2D eigenvalue weighted by Crippen LogP contribution is 2.23. The summed E-state index contributed by atoms with van der Waals surface area (Å²) in [7, 11) is 0. The fourth-order valence-corrected chi connectivity index (χ4v) is 2.19. The first-order valence-electron chi connectivity index (χ1n) is 6.76. The average Bonchev–Trinajstić information content (AvgIpc) is 2.89. The summed E-state index contributed by atoms with van der Waals surface area (Å²) in [5.74, 6) is 0.669. The second-order valence-corrected chi connectivity index (χ2v) is 4.48. The van der Waals surface area contributed by atoms with Gasteiger partial charge in [0.25, 0.3) is 0 Å². The fourth-order valence-electron chi connectivity index (χ4n) is 2.19. The molecule has 1 N–H and O–H groups in total. The van der Waals surface area contributed by atoms with Gasteiger partial charge in [0.2, 0.25) is 0 Å². The van der Waals surface area contributed by atoms with E-state index in [0.717, 1.165) is 25.3 Å². The topological polar surface area (TPSA) is 29.9 Å². The Balaban J connectivity index is 2.39. The Hall–Kier alpha value is -1.68. The minimum atomic E-state index is -0.198. The van der Waals surface area contributed by atoms with Gasteiger partial charge in [0.1, 0.15) is 11.6 Å². The van der Waals surface area contributed by atoms with E-state index in [1.54, 1.807) is 12.3 Å². The Morgan fingerprint density at radius 1 is 1.32 bits per heavy atom. The van der Waals surface area contributed by atoms with Crippen molar-refractivity contribution in [3.63, 3.8) is 0 Å². The minimum Gasteiger partial charge on any atom is -0.334 e. The molecule has 0 aliphatic rings. The van der Waals surface area contributed by atoms with Crippen molar-refractivity contribution < 1.29 is 4.39 Å². The predicted octanol–water partition coefficient (Wildman–Crippen LogP) is 3.13. The molecule has 2 aromatic rings. The summed E-state index contributed by atoms with van der Waals surface area (Å²) in [5, 5.41) is 3.38. The number of benzene rings is 1. The summed E-state index contributed by atoms with van der Waals surface area (Å²) >= 11 is 0. The average molecular weight is 261 g/mol. The van der Waals surface area contributed by atoms with Crippen LogP contribution in [0.2, 0.25) is 0 Å². The first-order valence-corrected chi connectivity index (χ1v) is 6.76. The van der Waals surface area contributed by atoms with E-state index in [1.807, 2.05) is 22.9 Å². The van der Waals surface area contributed by atoms with E-state index in [4.69, 9.17) is 0 Å². The fraction of sp³-hybridized carbons (Fsp3) is 0.400. The van der Waals surface area contributed by atoms with Gasteiger partial charge in [0.15, 0.2) is 0 Å². The van der Waals surface area contributed by atoms with E-state index >= 15 is 0 Å². The van der Waals surface area contributed by atoms with Crippen LogP contribution >= 0.6 is 0 Å². The smallest absolute Gasteiger partial charge is 0.130 e. The number of halogens is 1. The highest BCUT2D eigenvalue weighted by Gasteiger charge is 2.20. The number of rotatable bonds is 6. The normalized spacial score (nSPS) is 12.6. The molecule has 1 atom stereocenters. The highest BCUT2D eigenvalue weighted by molar-refractivity contribution is 5.27. The van der Waals surface area contributed by atoms with Crippen molar-refractivity contribution in [2.75, 3.05) is 6.54 Å². The third-order valence-corrected chi connectivity index (χ3v) is 3.16. The summed E-state index contributed by atoms with van der Waals surface area (Å²) < 4.78 is 16.1. The van der Waals surface area contributed by atoms with Gasteiger partial charge in [-0.15, -0.1) is 0 Å². The van der Waals surface area contributed by atoms with Crippen LogP contribution in [0, 0.1) is 5.82 Å². The van der Waals surface area contributed by atoms with Gasteiger partial charge in [-0.3, -0.25) is 0 Å². The molecular formula is C15H20FN3. The van der Waals surface area contributed by atoms with Crippen molar-refractivity contribution in [2.24, 2.45) is 0 Å². The van der Waals surface area contributed by atoms with Crippen molar-refractivity contribution >= 4 is 0 Å². The number of aromatic nitrogens is 2. The molecule has 0 saturated carbocycles. The van der Waals surface area contributed by atoms with Crippen molar-refractivity contribution in [3.8, 4) is 0 Å². The van der Waals surface area contributed by atoms with Gasteiger partial charge in [0.05, 0.1) is 6.04 Å². The molecule has 1 heterocycles. The maximum absolute atomic E-state index is 14.0. The molecular weight excluding hydrogens is 241 g/mol.